The number of halogens is 1. The van der Waals surface area contributed by atoms with Gasteiger partial charge in [-0.1, -0.05) is 11.6 Å². The normalized spacial score (nSPS) is 20.5. The predicted molar refractivity (Wildman–Crippen MR) is 61.5 cm³/mol. The van der Waals surface area contributed by atoms with E-state index in [0.29, 0.717) is 32.1 Å². The number of carbonyl (C=O) groups is 1. The van der Waals surface area contributed by atoms with Crippen LogP contribution in [-0.4, -0.2) is 16.5 Å². The van der Waals surface area contributed by atoms with Crippen LogP contribution in [0, 0.1) is 0 Å². The lowest BCUT2D eigenvalue weighted by Gasteiger charge is -2.30. The largest absolute Gasteiger partial charge is 0.389 e. The molecule has 0 saturated heterocycles. The molecule has 1 aliphatic rings. The van der Waals surface area contributed by atoms with E-state index in [-0.39, 0.29) is 5.78 Å². The smallest absolute Gasteiger partial charge is 0.133 e. The van der Waals surface area contributed by atoms with Crippen LogP contribution in [0.1, 0.15) is 30.6 Å². The first kappa shape index (κ1) is 11.1. The zero-order valence-corrected chi connectivity index (χ0v) is 9.90. The van der Waals surface area contributed by atoms with Gasteiger partial charge < -0.3 is 5.11 Å². The highest BCUT2D eigenvalue weighted by Crippen LogP contribution is 2.32. The number of aliphatic hydroxyl groups is 1. The Balaban J connectivity index is 2.01. The Kier molecular flexibility index (Phi) is 3.14. The van der Waals surface area contributed by atoms with E-state index in [4.69, 9.17) is 11.6 Å². The summed E-state index contributed by atoms with van der Waals surface area (Å²) in [5, 5.41) is 10.3. The molecule has 1 N–H and O–H groups in total. The van der Waals surface area contributed by atoms with Crippen LogP contribution >= 0.6 is 22.9 Å². The van der Waals surface area contributed by atoms with Crippen LogP contribution in [0.4, 0.5) is 0 Å². The van der Waals surface area contributed by atoms with Crippen molar-refractivity contribution in [1.82, 2.24) is 0 Å². The van der Waals surface area contributed by atoms with Crippen LogP contribution in [0.25, 0.3) is 0 Å². The summed E-state index contributed by atoms with van der Waals surface area (Å²) in [5.74, 6) is 0.267. The monoisotopic (exact) mass is 244 g/mol. The van der Waals surface area contributed by atoms with E-state index in [0.717, 1.165) is 9.21 Å². The van der Waals surface area contributed by atoms with Gasteiger partial charge in [-0.05, 0) is 25.0 Å². The SMILES string of the molecule is O=C1CCC(O)(Cc2ccc(Cl)s2)CC1. The van der Waals surface area contributed by atoms with Crippen molar-refractivity contribution >= 4 is 28.7 Å². The van der Waals surface area contributed by atoms with Gasteiger partial charge >= 0.3 is 0 Å². The second-order valence-corrected chi connectivity index (χ2v) is 5.95. The molecule has 1 fully saturated rings. The van der Waals surface area contributed by atoms with Crippen molar-refractivity contribution in [3.63, 3.8) is 0 Å². The molecule has 0 radical (unpaired) electrons. The molecule has 0 unspecified atom stereocenters. The number of hydrogen-bond donors (Lipinski definition) is 1. The molecule has 1 aromatic rings. The summed E-state index contributed by atoms with van der Waals surface area (Å²) in [5.41, 5.74) is -0.692. The summed E-state index contributed by atoms with van der Waals surface area (Å²) in [4.78, 5) is 12.2. The van der Waals surface area contributed by atoms with Gasteiger partial charge in [-0.15, -0.1) is 11.3 Å². The molecule has 0 bridgehead atoms. The van der Waals surface area contributed by atoms with E-state index in [1.165, 1.54) is 11.3 Å². The van der Waals surface area contributed by atoms with Gasteiger partial charge in [0, 0.05) is 24.1 Å². The fraction of sp³-hybridized carbons (Fsp3) is 0.545. The molecule has 0 aromatic carbocycles. The molecule has 0 atom stereocenters. The lowest BCUT2D eigenvalue weighted by molar-refractivity contribution is -0.125. The van der Waals surface area contributed by atoms with Crippen molar-refractivity contribution in [3.05, 3.63) is 21.3 Å². The van der Waals surface area contributed by atoms with E-state index in [1.807, 2.05) is 12.1 Å². The summed E-state index contributed by atoms with van der Waals surface area (Å²) < 4.78 is 0.750. The maximum Gasteiger partial charge on any atom is 0.133 e. The van der Waals surface area contributed by atoms with Crippen LogP contribution in [0.2, 0.25) is 4.34 Å². The van der Waals surface area contributed by atoms with Gasteiger partial charge in [0.2, 0.25) is 0 Å². The molecule has 1 aliphatic carbocycles. The quantitative estimate of drug-likeness (QED) is 0.869. The minimum absolute atomic E-state index is 0.267. The number of rotatable bonds is 2. The van der Waals surface area contributed by atoms with Gasteiger partial charge in [-0.3, -0.25) is 4.79 Å². The van der Waals surface area contributed by atoms with Crippen molar-refractivity contribution in [2.24, 2.45) is 0 Å². The standard InChI is InChI=1S/C11H13ClO2S/c12-10-2-1-9(15-10)7-11(14)5-3-8(13)4-6-11/h1-2,14H,3-7H2. The van der Waals surface area contributed by atoms with Crippen molar-refractivity contribution in [2.45, 2.75) is 37.7 Å². The highest BCUT2D eigenvalue weighted by molar-refractivity contribution is 7.16. The number of carbonyl (C=O) groups excluding carboxylic acids is 1. The summed E-state index contributed by atoms with van der Waals surface area (Å²) >= 11 is 7.33. The first-order chi connectivity index (χ1) is 7.07. The average Bonchev–Trinajstić information content (AvgIpc) is 2.57. The van der Waals surface area contributed by atoms with E-state index >= 15 is 0 Å². The maximum absolute atomic E-state index is 11.1. The Bertz CT molecular complexity index is 362. The third-order valence-electron chi connectivity index (χ3n) is 2.87. The van der Waals surface area contributed by atoms with E-state index in [1.54, 1.807) is 0 Å². The van der Waals surface area contributed by atoms with Gasteiger partial charge in [0.1, 0.15) is 5.78 Å². The number of hydrogen-bond acceptors (Lipinski definition) is 3. The molecule has 1 heterocycles. The highest BCUT2D eigenvalue weighted by atomic mass is 35.5. The molecule has 2 rings (SSSR count). The summed E-state index contributed by atoms with van der Waals surface area (Å²) in [6.45, 7) is 0. The first-order valence-electron chi connectivity index (χ1n) is 5.06. The van der Waals surface area contributed by atoms with Crippen molar-refractivity contribution in [2.75, 3.05) is 0 Å². The minimum Gasteiger partial charge on any atom is -0.389 e. The Hall–Kier alpha value is -0.380. The number of thiophene rings is 1. The Morgan fingerprint density at radius 2 is 2.07 bits per heavy atom. The summed E-state index contributed by atoms with van der Waals surface area (Å²) in [6.07, 6.45) is 2.81. The summed E-state index contributed by atoms with van der Waals surface area (Å²) in [6, 6.07) is 3.79. The highest BCUT2D eigenvalue weighted by Gasteiger charge is 2.32. The molecule has 1 saturated carbocycles. The average molecular weight is 245 g/mol. The number of ketones is 1. The zero-order valence-electron chi connectivity index (χ0n) is 8.33. The lowest BCUT2D eigenvalue weighted by Crippen LogP contribution is -2.36. The van der Waals surface area contributed by atoms with E-state index in [2.05, 4.69) is 0 Å². The third kappa shape index (κ3) is 2.80. The maximum atomic E-state index is 11.1. The van der Waals surface area contributed by atoms with Crippen LogP contribution in [0.5, 0.6) is 0 Å². The van der Waals surface area contributed by atoms with Crippen LogP contribution in [0.3, 0.4) is 0 Å². The fourth-order valence-corrected chi connectivity index (χ4v) is 3.17. The molecule has 2 nitrogen and oxygen atoms in total. The predicted octanol–water partition coefficient (Wildman–Crippen LogP) is 2.82. The second-order valence-electron chi connectivity index (χ2n) is 4.15. The molecule has 0 spiro atoms. The minimum atomic E-state index is -0.692. The van der Waals surface area contributed by atoms with E-state index < -0.39 is 5.60 Å². The number of Topliss-reactive ketones (excluding diaryl/α,β-unsaturated/α-hetero) is 1. The molecule has 0 aliphatic heterocycles. The van der Waals surface area contributed by atoms with Gasteiger partial charge in [0.25, 0.3) is 0 Å². The van der Waals surface area contributed by atoms with Gasteiger partial charge in [-0.25, -0.2) is 0 Å². The topological polar surface area (TPSA) is 37.3 Å². The van der Waals surface area contributed by atoms with Gasteiger partial charge in [0.15, 0.2) is 0 Å². The van der Waals surface area contributed by atoms with Crippen LogP contribution in [-0.2, 0) is 11.2 Å². The van der Waals surface area contributed by atoms with Crippen LogP contribution < -0.4 is 0 Å². The molecule has 1 aromatic heterocycles. The molecular weight excluding hydrogens is 232 g/mol. The zero-order chi connectivity index (χ0) is 10.9. The van der Waals surface area contributed by atoms with Crippen molar-refractivity contribution in [3.8, 4) is 0 Å². The first-order valence-corrected chi connectivity index (χ1v) is 6.25. The second kappa shape index (κ2) is 4.24. The molecule has 15 heavy (non-hydrogen) atoms. The Labute approximate surface area is 97.9 Å². The molecule has 82 valence electrons. The molecule has 4 heteroatoms. The Morgan fingerprint density at radius 1 is 1.40 bits per heavy atom. The fourth-order valence-electron chi connectivity index (χ4n) is 1.94. The third-order valence-corrected chi connectivity index (χ3v) is 4.10. The summed E-state index contributed by atoms with van der Waals surface area (Å²) in [7, 11) is 0. The van der Waals surface area contributed by atoms with Crippen molar-refractivity contribution in [1.29, 1.82) is 0 Å². The lowest BCUT2D eigenvalue weighted by atomic mass is 9.81. The van der Waals surface area contributed by atoms with E-state index in [9.17, 15) is 9.90 Å². The molecule has 0 amide bonds. The van der Waals surface area contributed by atoms with Crippen molar-refractivity contribution < 1.29 is 9.90 Å². The van der Waals surface area contributed by atoms with Crippen LogP contribution in [0.15, 0.2) is 12.1 Å². The molecular formula is C11H13ClO2S. The van der Waals surface area contributed by atoms with Gasteiger partial charge in [0.05, 0.1) is 9.94 Å². The van der Waals surface area contributed by atoms with Gasteiger partial charge in [-0.2, -0.15) is 0 Å². The Morgan fingerprint density at radius 3 is 2.60 bits per heavy atom.